The summed E-state index contributed by atoms with van der Waals surface area (Å²) in [6, 6.07) is 1.84. The van der Waals surface area contributed by atoms with Crippen molar-refractivity contribution in [1.29, 1.82) is 0 Å². The number of nitrogens with zero attached hydrogens (tertiary/aromatic N) is 1. The van der Waals surface area contributed by atoms with E-state index in [9.17, 15) is 0 Å². The van der Waals surface area contributed by atoms with Crippen molar-refractivity contribution in [2.75, 3.05) is 13.2 Å². The zero-order chi connectivity index (χ0) is 12.5. The minimum atomic E-state index is -0.139. The Balaban J connectivity index is 2.43. The van der Waals surface area contributed by atoms with Gasteiger partial charge in [0.1, 0.15) is 12.4 Å². The molecule has 17 heavy (non-hydrogen) atoms. The quantitative estimate of drug-likeness (QED) is 0.626. The molecule has 3 nitrogen and oxygen atoms in total. The Hall–Kier alpha value is -1.53. The smallest absolute Gasteiger partial charge is 0.138 e. The number of aromatic nitrogens is 1. The molecule has 0 aliphatic rings. The summed E-state index contributed by atoms with van der Waals surface area (Å²) in [6.07, 6.45) is 5.55. The molecule has 0 aromatic carbocycles. The van der Waals surface area contributed by atoms with Crippen LogP contribution in [0.4, 0.5) is 0 Å². The fourth-order valence-corrected chi connectivity index (χ4v) is 1.39. The molecule has 0 unspecified atom stereocenters. The van der Waals surface area contributed by atoms with E-state index in [0.29, 0.717) is 12.5 Å². The van der Waals surface area contributed by atoms with Crippen molar-refractivity contribution in [3.63, 3.8) is 0 Å². The van der Waals surface area contributed by atoms with Gasteiger partial charge < -0.3 is 9.84 Å². The normalized spacial score (nSPS) is 9.88. The highest BCUT2D eigenvalue weighted by molar-refractivity contribution is 5.36. The lowest BCUT2D eigenvalue weighted by molar-refractivity contribution is 0.296. The monoisotopic (exact) mass is 233 g/mol. The van der Waals surface area contributed by atoms with Crippen molar-refractivity contribution >= 4 is 0 Å². The Labute approximate surface area is 103 Å². The van der Waals surface area contributed by atoms with Crippen LogP contribution in [0.1, 0.15) is 32.3 Å². The van der Waals surface area contributed by atoms with Crippen LogP contribution in [0.5, 0.6) is 5.75 Å². The zero-order valence-corrected chi connectivity index (χ0v) is 10.4. The lowest BCUT2D eigenvalue weighted by atomic mass is 10.1. The molecule has 1 heterocycles. The van der Waals surface area contributed by atoms with Gasteiger partial charge in [0, 0.05) is 11.8 Å². The molecule has 1 N–H and O–H groups in total. The fraction of sp³-hybridized carbons (Fsp3) is 0.500. The second-order valence-corrected chi connectivity index (χ2v) is 4.25. The standard InChI is InChI=1S/C14H19NO2/c1-12(2)5-4-8-17-14-9-13(6-3-7-16)10-15-11-14/h9-12,16H,4-5,7-8H2,1-2H3. The third-order valence-electron chi connectivity index (χ3n) is 2.22. The molecule has 0 radical (unpaired) electrons. The number of aliphatic hydroxyl groups excluding tert-OH is 1. The summed E-state index contributed by atoms with van der Waals surface area (Å²) in [5, 5.41) is 8.60. The van der Waals surface area contributed by atoms with E-state index in [1.165, 1.54) is 0 Å². The van der Waals surface area contributed by atoms with E-state index in [0.717, 1.165) is 24.2 Å². The van der Waals surface area contributed by atoms with Gasteiger partial charge in [0.05, 0.1) is 12.8 Å². The van der Waals surface area contributed by atoms with E-state index in [4.69, 9.17) is 9.84 Å². The minimum Gasteiger partial charge on any atom is -0.492 e. The predicted molar refractivity (Wildman–Crippen MR) is 67.8 cm³/mol. The van der Waals surface area contributed by atoms with Crippen LogP contribution in [0, 0.1) is 17.8 Å². The minimum absolute atomic E-state index is 0.139. The van der Waals surface area contributed by atoms with Gasteiger partial charge in [-0.15, -0.1) is 0 Å². The second-order valence-electron chi connectivity index (χ2n) is 4.25. The zero-order valence-electron chi connectivity index (χ0n) is 10.4. The Morgan fingerprint density at radius 3 is 2.94 bits per heavy atom. The highest BCUT2D eigenvalue weighted by atomic mass is 16.5. The molecule has 1 rings (SSSR count). The van der Waals surface area contributed by atoms with E-state index in [1.807, 2.05) is 6.07 Å². The summed E-state index contributed by atoms with van der Waals surface area (Å²) >= 11 is 0. The molecule has 0 aliphatic carbocycles. The first kappa shape index (κ1) is 13.5. The van der Waals surface area contributed by atoms with E-state index in [-0.39, 0.29) is 6.61 Å². The van der Waals surface area contributed by atoms with Gasteiger partial charge >= 0.3 is 0 Å². The van der Waals surface area contributed by atoms with Gasteiger partial charge in [-0.3, -0.25) is 4.98 Å². The first-order valence-electron chi connectivity index (χ1n) is 5.90. The molecule has 1 aromatic rings. The van der Waals surface area contributed by atoms with E-state index in [1.54, 1.807) is 12.4 Å². The van der Waals surface area contributed by atoms with Gasteiger partial charge in [-0.25, -0.2) is 0 Å². The highest BCUT2D eigenvalue weighted by Gasteiger charge is 1.97. The summed E-state index contributed by atoms with van der Waals surface area (Å²) in [6.45, 7) is 4.97. The van der Waals surface area contributed by atoms with Crippen molar-refractivity contribution < 1.29 is 9.84 Å². The Kier molecular flexibility index (Phi) is 6.13. The number of hydrogen-bond acceptors (Lipinski definition) is 3. The number of ether oxygens (including phenoxy) is 1. The van der Waals surface area contributed by atoms with Crippen molar-refractivity contribution in [3.05, 3.63) is 24.0 Å². The van der Waals surface area contributed by atoms with Crippen LogP contribution in [0.3, 0.4) is 0 Å². The molecule has 1 aromatic heterocycles. The Morgan fingerprint density at radius 1 is 1.41 bits per heavy atom. The maximum Gasteiger partial charge on any atom is 0.138 e. The van der Waals surface area contributed by atoms with Crippen LogP contribution < -0.4 is 4.74 Å². The SMILES string of the molecule is CC(C)CCCOc1cncc(C#CCO)c1. The van der Waals surface area contributed by atoms with Crippen molar-refractivity contribution in [1.82, 2.24) is 4.98 Å². The molecule has 0 saturated carbocycles. The Morgan fingerprint density at radius 2 is 2.24 bits per heavy atom. The van der Waals surface area contributed by atoms with Gasteiger partial charge in [-0.2, -0.15) is 0 Å². The van der Waals surface area contributed by atoms with Crippen molar-refractivity contribution in [2.45, 2.75) is 26.7 Å². The summed E-state index contributed by atoms with van der Waals surface area (Å²) in [5.41, 5.74) is 0.764. The van der Waals surface area contributed by atoms with Crippen molar-refractivity contribution in [2.24, 2.45) is 5.92 Å². The average Bonchev–Trinajstić information content (AvgIpc) is 2.32. The van der Waals surface area contributed by atoms with Crippen LogP contribution in [0.2, 0.25) is 0 Å². The number of pyridine rings is 1. The number of aliphatic hydroxyl groups is 1. The fourth-order valence-electron chi connectivity index (χ4n) is 1.39. The van der Waals surface area contributed by atoms with Gasteiger partial charge in [-0.05, 0) is 24.8 Å². The summed E-state index contributed by atoms with van der Waals surface area (Å²) in [4.78, 5) is 4.04. The van der Waals surface area contributed by atoms with Gasteiger partial charge in [0.2, 0.25) is 0 Å². The molecule has 0 amide bonds. The van der Waals surface area contributed by atoms with Gasteiger partial charge in [-0.1, -0.05) is 25.7 Å². The lowest BCUT2D eigenvalue weighted by Crippen LogP contribution is -2.00. The predicted octanol–water partition coefficient (Wildman–Crippen LogP) is 2.24. The summed E-state index contributed by atoms with van der Waals surface area (Å²) in [7, 11) is 0. The maximum atomic E-state index is 8.60. The average molecular weight is 233 g/mol. The van der Waals surface area contributed by atoms with Crippen LogP contribution in [0.25, 0.3) is 0 Å². The van der Waals surface area contributed by atoms with Crippen LogP contribution in [-0.2, 0) is 0 Å². The molecular formula is C14H19NO2. The highest BCUT2D eigenvalue weighted by Crippen LogP contribution is 2.12. The first-order valence-corrected chi connectivity index (χ1v) is 5.90. The van der Waals surface area contributed by atoms with E-state index >= 15 is 0 Å². The molecular weight excluding hydrogens is 214 g/mol. The van der Waals surface area contributed by atoms with E-state index < -0.39 is 0 Å². The molecule has 92 valence electrons. The molecule has 0 aliphatic heterocycles. The Bertz CT molecular complexity index is 391. The molecule has 0 spiro atoms. The first-order chi connectivity index (χ1) is 8.22. The topological polar surface area (TPSA) is 42.4 Å². The lowest BCUT2D eigenvalue weighted by Gasteiger charge is -2.07. The number of hydrogen-bond donors (Lipinski definition) is 1. The maximum absolute atomic E-state index is 8.60. The molecule has 0 fully saturated rings. The van der Waals surface area contributed by atoms with Crippen LogP contribution in [-0.4, -0.2) is 23.3 Å². The second kappa shape index (κ2) is 7.70. The van der Waals surface area contributed by atoms with Gasteiger partial charge in [0.15, 0.2) is 0 Å². The molecule has 0 bridgehead atoms. The van der Waals surface area contributed by atoms with E-state index in [2.05, 4.69) is 30.7 Å². The van der Waals surface area contributed by atoms with Gasteiger partial charge in [0.25, 0.3) is 0 Å². The third kappa shape index (κ3) is 5.94. The van der Waals surface area contributed by atoms with Crippen LogP contribution >= 0.6 is 0 Å². The molecule has 0 atom stereocenters. The summed E-state index contributed by atoms with van der Waals surface area (Å²) in [5.74, 6) is 6.83. The molecule has 0 saturated heterocycles. The third-order valence-corrected chi connectivity index (χ3v) is 2.22. The summed E-state index contributed by atoms with van der Waals surface area (Å²) < 4.78 is 5.58. The van der Waals surface area contributed by atoms with Crippen LogP contribution in [0.15, 0.2) is 18.5 Å². The number of rotatable bonds is 5. The largest absolute Gasteiger partial charge is 0.492 e. The molecule has 3 heteroatoms. The van der Waals surface area contributed by atoms with Crippen molar-refractivity contribution in [3.8, 4) is 17.6 Å².